The molecule has 0 aromatic rings. The second kappa shape index (κ2) is 4.94. The van der Waals surface area contributed by atoms with E-state index in [1.54, 1.807) is 13.8 Å². The van der Waals surface area contributed by atoms with Crippen LogP contribution < -0.4 is 5.32 Å². The summed E-state index contributed by atoms with van der Waals surface area (Å²) < 4.78 is -0.912. The Morgan fingerprint density at radius 1 is 1.57 bits per heavy atom. The highest BCUT2D eigenvalue weighted by molar-refractivity contribution is 7.81. The molecule has 0 saturated carbocycles. The van der Waals surface area contributed by atoms with Gasteiger partial charge < -0.3 is 10.4 Å². The van der Waals surface area contributed by atoms with Crippen molar-refractivity contribution in [2.45, 2.75) is 24.6 Å². The van der Waals surface area contributed by atoms with E-state index >= 15 is 0 Å². The Labute approximate surface area is 86.4 Å². The Morgan fingerprint density at radius 3 is 2.36 bits per heavy atom. The SMILES string of the molecule is CC(C)(S)C(NC(=O)CN=O)C(=O)O. The Bertz CT molecular complexity index is 249. The van der Waals surface area contributed by atoms with E-state index in [2.05, 4.69) is 23.1 Å². The molecule has 0 heterocycles. The number of amides is 1. The molecule has 6 nitrogen and oxygen atoms in total. The average Bonchev–Trinajstić information content (AvgIpc) is 1.98. The third-order valence-corrected chi connectivity index (χ3v) is 1.73. The summed E-state index contributed by atoms with van der Waals surface area (Å²) in [5.74, 6) is -1.93. The van der Waals surface area contributed by atoms with Crippen LogP contribution in [-0.4, -0.2) is 34.3 Å². The molecule has 0 bridgehead atoms. The first kappa shape index (κ1) is 12.9. The number of carboxylic acids is 1. The highest BCUT2D eigenvalue weighted by Crippen LogP contribution is 2.17. The molecule has 0 saturated heterocycles. The number of nitroso groups, excluding NO2 is 1. The van der Waals surface area contributed by atoms with Gasteiger partial charge in [0.05, 0.1) is 0 Å². The van der Waals surface area contributed by atoms with Crippen molar-refractivity contribution in [2.24, 2.45) is 5.18 Å². The predicted octanol–water partition coefficient (Wildman–Crippen LogP) is 0.0306. The maximum atomic E-state index is 10.9. The second-order valence-corrected chi connectivity index (χ2v) is 4.43. The van der Waals surface area contributed by atoms with E-state index < -0.39 is 29.2 Å². The van der Waals surface area contributed by atoms with Crippen molar-refractivity contribution in [2.75, 3.05) is 6.54 Å². The molecule has 1 amide bonds. The fourth-order valence-electron chi connectivity index (χ4n) is 0.806. The van der Waals surface area contributed by atoms with Gasteiger partial charge in [-0.3, -0.25) is 4.79 Å². The van der Waals surface area contributed by atoms with E-state index in [1.165, 1.54) is 0 Å². The molecular formula is C7H12N2O4S. The van der Waals surface area contributed by atoms with Crippen molar-refractivity contribution >= 4 is 24.5 Å². The van der Waals surface area contributed by atoms with E-state index in [0.29, 0.717) is 0 Å². The van der Waals surface area contributed by atoms with E-state index in [9.17, 15) is 14.5 Å². The third kappa shape index (κ3) is 4.22. The van der Waals surface area contributed by atoms with Gasteiger partial charge in [-0.25, -0.2) is 4.79 Å². The topological polar surface area (TPSA) is 95.8 Å². The first-order chi connectivity index (χ1) is 6.29. The number of carbonyl (C=O) groups is 2. The molecule has 14 heavy (non-hydrogen) atoms. The number of hydrogen-bond acceptors (Lipinski definition) is 5. The van der Waals surface area contributed by atoms with Gasteiger partial charge in [0, 0.05) is 4.75 Å². The summed E-state index contributed by atoms with van der Waals surface area (Å²) in [6.07, 6.45) is 0. The average molecular weight is 220 g/mol. The third-order valence-electron chi connectivity index (χ3n) is 1.47. The van der Waals surface area contributed by atoms with E-state index in [4.69, 9.17) is 5.11 Å². The molecule has 0 aromatic heterocycles. The van der Waals surface area contributed by atoms with Crippen LogP contribution in [0.2, 0.25) is 0 Å². The maximum Gasteiger partial charge on any atom is 0.327 e. The van der Waals surface area contributed by atoms with Crippen LogP contribution in [0.1, 0.15) is 13.8 Å². The summed E-state index contributed by atoms with van der Waals surface area (Å²) >= 11 is 4.03. The first-order valence-corrected chi connectivity index (χ1v) is 4.27. The van der Waals surface area contributed by atoms with Crippen LogP contribution in [0.5, 0.6) is 0 Å². The lowest BCUT2D eigenvalue weighted by Crippen LogP contribution is -2.52. The van der Waals surface area contributed by atoms with Gasteiger partial charge in [-0.1, -0.05) is 5.18 Å². The Balaban J connectivity index is 4.47. The van der Waals surface area contributed by atoms with Crippen molar-refractivity contribution in [1.82, 2.24) is 5.32 Å². The lowest BCUT2D eigenvalue weighted by molar-refractivity contribution is -0.142. The molecule has 1 unspecified atom stereocenters. The fourth-order valence-corrected chi connectivity index (χ4v) is 0.981. The zero-order chi connectivity index (χ0) is 11.4. The van der Waals surface area contributed by atoms with E-state index in [0.717, 1.165) is 0 Å². The highest BCUT2D eigenvalue weighted by Gasteiger charge is 2.33. The van der Waals surface area contributed by atoms with Crippen LogP contribution in [0.3, 0.4) is 0 Å². The standard InChI is InChI=1S/C7H12N2O4S/c1-7(2,14)5(6(11)12)9-4(10)3-8-13/h5,14H,3H2,1-2H3,(H,9,10)(H,11,12). The number of nitrogens with zero attached hydrogens (tertiary/aromatic N) is 1. The molecule has 0 rings (SSSR count). The van der Waals surface area contributed by atoms with Gasteiger partial charge in [0.2, 0.25) is 5.91 Å². The van der Waals surface area contributed by atoms with Crippen LogP contribution in [-0.2, 0) is 9.59 Å². The van der Waals surface area contributed by atoms with Gasteiger partial charge in [0.25, 0.3) is 0 Å². The van der Waals surface area contributed by atoms with Crippen LogP contribution in [0.25, 0.3) is 0 Å². The van der Waals surface area contributed by atoms with Crippen molar-refractivity contribution < 1.29 is 14.7 Å². The van der Waals surface area contributed by atoms with Crippen molar-refractivity contribution in [3.8, 4) is 0 Å². The Kier molecular flexibility index (Phi) is 4.55. The van der Waals surface area contributed by atoms with Crippen LogP contribution in [0, 0.1) is 4.91 Å². The minimum absolute atomic E-state index is 0.590. The van der Waals surface area contributed by atoms with Gasteiger partial charge in [-0.05, 0) is 13.8 Å². The van der Waals surface area contributed by atoms with Crippen molar-refractivity contribution in [3.05, 3.63) is 4.91 Å². The van der Waals surface area contributed by atoms with Crippen LogP contribution in [0.15, 0.2) is 5.18 Å². The summed E-state index contributed by atoms with van der Waals surface area (Å²) in [4.78, 5) is 31.4. The summed E-state index contributed by atoms with van der Waals surface area (Å²) in [7, 11) is 0. The summed E-state index contributed by atoms with van der Waals surface area (Å²) in [5, 5.41) is 13.3. The largest absolute Gasteiger partial charge is 0.480 e. The molecule has 2 N–H and O–H groups in total. The summed E-state index contributed by atoms with van der Waals surface area (Å²) in [5.41, 5.74) is 0. The van der Waals surface area contributed by atoms with Crippen molar-refractivity contribution in [1.29, 1.82) is 0 Å². The zero-order valence-corrected chi connectivity index (χ0v) is 8.75. The quantitative estimate of drug-likeness (QED) is 0.450. The number of hydrogen-bond donors (Lipinski definition) is 3. The number of carboxylic acid groups (broad SMARTS) is 1. The molecule has 80 valence electrons. The summed E-state index contributed by atoms with van der Waals surface area (Å²) in [6, 6.07) is -1.15. The number of nitrogens with one attached hydrogen (secondary N) is 1. The maximum absolute atomic E-state index is 10.9. The van der Waals surface area contributed by atoms with Crippen LogP contribution in [0.4, 0.5) is 0 Å². The first-order valence-electron chi connectivity index (χ1n) is 3.82. The lowest BCUT2D eigenvalue weighted by atomic mass is 10.0. The van der Waals surface area contributed by atoms with Gasteiger partial charge >= 0.3 is 5.97 Å². The number of thiol groups is 1. The minimum atomic E-state index is -1.20. The highest BCUT2D eigenvalue weighted by atomic mass is 32.1. The van der Waals surface area contributed by atoms with Gasteiger partial charge in [0.15, 0.2) is 6.54 Å². The lowest BCUT2D eigenvalue weighted by Gasteiger charge is -2.26. The monoisotopic (exact) mass is 220 g/mol. The molecule has 0 aliphatic carbocycles. The molecule has 7 heteroatoms. The van der Waals surface area contributed by atoms with Gasteiger partial charge in [-0.15, -0.1) is 0 Å². The Morgan fingerprint density at radius 2 is 2.07 bits per heavy atom. The van der Waals surface area contributed by atoms with Crippen molar-refractivity contribution in [3.63, 3.8) is 0 Å². The zero-order valence-electron chi connectivity index (χ0n) is 7.85. The molecule has 0 aliphatic heterocycles. The molecule has 0 spiro atoms. The van der Waals surface area contributed by atoms with Gasteiger partial charge in [-0.2, -0.15) is 17.5 Å². The summed E-state index contributed by atoms with van der Waals surface area (Å²) in [6.45, 7) is 2.50. The number of aliphatic carboxylic acids is 1. The number of carbonyl (C=O) groups excluding carboxylic acids is 1. The normalized spacial score (nSPS) is 13.1. The van der Waals surface area contributed by atoms with E-state index in [-0.39, 0.29) is 0 Å². The molecule has 0 aromatic carbocycles. The smallest absolute Gasteiger partial charge is 0.327 e. The molecule has 0 aliphatic rings. The molecular weight excluding hydrogens is 208 g/mol. The number of rotatable bonds is 5. The van der Waals surface area contributed by atoms with E-state index in [1.807, 2.05) is 0 Å². The second-order valence-electron chi connectivity index (χ2n) is 3.28. The molecule has 0 radical (unpaired) electrons. The fraction of sp³-hybridized carbons (Fsp3) is 0.714. The molecule has 0 fully saturated rings. The predicted molar refractivity (Wildman–Crippen MR) is 53.3 cm³/mol. The minimum Gasteiger partial charge on any atom is -0.480 e. The Hall–Kier alpha value is -1.11. The molecule has 1 atom stereocenters. The van der Waals surface area contributed by atoms with Gasteiger partial charge in [0.1, 0.15) is 6.04 Å². The van der Waals surface area contributed by atoms with Crippen LogP contribution >= 0.6 is 12.6 Å².